The van der Waals surface area contributed by atoms with Crippen LogP contribution in [0.1, 0.15) is 11.3 Å². The molecule has 1 amide bonds. The van der Waals surface area contributed by atoms with Crippen LogP contribution in [0.2, 0.25) is 5.02 Å². The molecule has 1 aromatic heterocycles. The number of amides is 1. The molecule has 2 aromatic rings. The highest BCUT2D eigenvalue weighted by Crippen LogP contribution is 2.33. The molecule has 0 atom stereocenters. The first-order chi connectivity index (χ1) is 18.7. The summed E-state index contributed by atoms with van der Waals surface area (Å²) in [6.07, 6.45) is -9.90. The molecule has 2 rings (SSSR count). The topological polar surface area (TPSA) is 206 Å². The second-order valence-electron chi connectivity index (χ2n) is 7.55. The number of benzene rings is 1. The standard InChI is InChI=1S/C18H20ClF3N6O5S.C2HF3O2/c1-10-2-5-13(16(30)28(10)9-15(29)25-6-7-33-26-17(23)24)27-34(31,32)14-8-11(18(20,21)22)3-4-12(14)19;3-2(4,5)1(6)7/h2-5,8,27H,6-7,9H2,1H3,(H,25,29)(H4,23,24,26);(H,6,7). The highest BCUT2D eigenvalue weighted by Gasteiger charge is 2.38. The SMILES string of the molecule is Cc1ccc(NS(=O)(=O)c2cc(C(F)(F)F)ccc2Cl)c(=O)n1CC(=O)NCCONC(=N)N.O=C(O)C(F)(F)F. The molecular formula is C20H21ClF6N6O7S. The van der Waals surface area contributed by atoms with Crippen molar-refractivity contribution in [1.29, 1.82) is 5.41 Å². The number of pyridine rings is 1. The third-order valence-electron chi connectivity index (χ3n) is 4.44. The van der Waals surface area contributed by atoms with Gasteiger partial charge < -0.3 is 20.7 Å². The van der Waals surface area contributed by atoms with Crippen LogP contribution in [-0.2, 0) is 37.2 Å². The average Bonchev–Trinajstić information content (AvgIpc) is 2.82. The number of hydrogen-bond acceptors (Lipinski definition) is 7. The smallest absolute Gasteiger partial charge is 0.475 e. The number of hydrogen-bond donors (Lipinski definition) is 6. The second-order valence-corrected chi connectivity index (χ2v) is 9.60. The number of guanidine groups is 1. The largest absolute Gasteiger partial charge is 0.490 e. The zero-order chi connectivity index (χ0) is 31.8. The molecule has 0 saturated carbocycles. The molecule has 0 aliphatic carbocycles. The number of alkyl halides is 6. The second kappa shape index (κ2) is 14.0. The first kappa shape index (κ1) is 35.0. The molecule has 0 aliphatic heterocycles. The number of aryl methyl sites for hydroxylation is 1. The lowest BCUT2D eigenvalue weighted by atomic mass is 10.2. The van der Waals surface area contributed by atoms with E-state index in [1.807, 2.05) is 4.72 Å². The van der Waals surface area contributed by atoms with Gasteiger partial charge in [-0.1, -0.05) is 11.6 Å². The lowest BCUT2D eigenvalue weighted by molar-refractivity contribution is -0.192. The molecule has 21 heteroatoms. The molecule has 41 heavy (non-hydrogen) atoms. The van der Waals surface area contributed by atoms with Gasteiger partial charge in [0, 0.05) is 12.2 Å². The Morgan fingerprint density at radius 2 is 1.73 bits per heavy atom. The van der Waals surface area contributed by atoms with Crippen LogP contribution in [0.4, 0.5) is 32.0 Å². The number of nitrogens with one attached hydrogen (secondary N) is 4. The predicted octanol–water partition coefficient (Wildman–Crippen LogP) is 1.79. The summed E-state index contributed by atoms with van der Waals surface area (Å²) in [6, 6.07) is 4.23. The lowest BCUT2D eigenvalue weighted by Gasteiger charge is -2.15. The molecule has 0 radical (unpaired) electrons. The Morgan fingerprint density at radius 1 is 1.15 bits per heavy atom. The maximum absolute atomic E-state index is 13.0. The van der Waals surface area contributed by atoms with Crippen molar-refractivity contribution in [3.8, 4) is 0 Å². The van der Waals surface area contributed by atoms with E-state index in [0.717, 1.165) is 16.7 Å². The first-order valence-electron chi connectivity index (χ1n) is 10.6. The van der Waals surface area contributed by atoms with Gasteiger partial charge in [-0.25, -0.2) is 18.7 Å². The Bertz CT molecular complexity index is 1450. The maximum Gasteiger partial charge on any atom is 0.490 e. The van der Waals surface area contributed by atoms with Crippen molar-refractivity contribution in [2.24, 2.45) is 5.73 Å². The number of nitrogens with two attached hydrogens (primary N) is 1. The monoisotopic (exact) mass is 638 g/mol. The number of anilines is 1. The minimum atomic E-state index is -5.08. The molecular weight excluding hydrogens is 618 g/mol. The Labute approximate surface area is 231 Å². The number of carbonyl (C=O) groups excluding carboxylic acids is 1. The van der Waals surface area contributed by atoms with Crippen molar-refractivity contribution in [3.63, 3.8) is 0 Å². The molecule has 13 nitrogen and oxygen atoms in total. The van der Waals surface area contributed by atoms with Crippen molar-refractivity contribution in [1.82, 2.24) is 15.4 Å². The number of carbonyl (C=O) groups is 2. The summed E-state index contributed by atoms with van der Waals surface area (Å²) in [4.78, 5) is 37.7. The highest BCUT2D eigenvalue weighted by molar-refractivity contribution is 7.92. The Hall–Kier alpha value is -4.04. The van der Waals surface area contributed by atoms with E-state index in [9.17, 15) is 44.3 Å². The van der Waals surface area contributed by atoms with Crippen LogP contribution in [0.15, 0.2) is 40.0 Å². The zero-order valence-electron chi connectivity index (χ0n) is 20.5. The van der Waals surface area contributed by atoms with Gasteiger partial charge in [0.05, 0.1) is 17.2 Å². The fourth-order valence-corrected chi connectivity index (χ4v) is 4.18. The molecule has 0 saturated heterocycles. The van der Waals surface area contributed by atoms with Crippen molar-refractivity contribution in [3.05, 3.63) is 57.0 Å². The summed E-state index contributed by atoms with van der Waals surface area (Å²) >= 11 is 5.79. The molecule has 0 spiro atoms. The molecule has 1 aromatic carbocycles. The van der Waals surface area contributed by atoms with Crippen LogP contribution in [0.5, 0.6) is 0 Å². The quantitative estimate of drug-likeness (QED) is 0.0777. The predicted molar refractivity (Wildman–Crippen MR) is 130 cm³/mol. The Kier molecular flexibility index (Phi) is 12.0. The van der Waals surface area contributed by atoms with Gasteiger partial charge in [0.1, 0.15) is 17.1 Å². The molecule has 0 aliphatic rings. The fourth-order valence-electron chi connectivity index (χ4n) is 2.60. The summed E-state index contributed by atoms with van der Waals surface area (Å²) in [5, 5.41) is 16.0. The minimum Gasteiger partial charge on any atom is -0.475 e. The number of nitrogens with zero attached hydrogens (tertiary/aromatic N) is 1. The molecule has 228 valence electrons. The van der Waals surface area contributed by atoms with Crippen molar-refractivity contribution < 1.29 is 54.3 Å². The normalized spacial score (nSPS) is 11.6. The number of sulfonamides is 1. The number of aromatic nitrogens is 1. The molecule has 7 N–H and O–H groups in total. The number of halogens is 7. The van der Waals surface area contributed by atoms with Crippen LogP contribution in [0.3, 0.4) is 0 Å². The van der Waals surface area contributed by atoms with Gasteiger partial charge in [-0.05, 0) is 37.3 Å². The summed E-state index contributed by atoms with van der Waals surface area (Å²) in [5.74, 6) is -3.80. The van der Waals surface area contributed by atoms with Gasteiger partial charge in [-0.3, -0.25) is 24.6 Å². The van der Waals surface area contributed by atoms with Crippen LogP contribution >= 0.6 is 11.6 Å². The van der Waals surface area contributed by atoms with E-state index in [1.165, 1.54) is 13.0 Å². The van der Waals surface area contributed by atoms with Gasteiger partial charge in [-0.2, -0.15) is 26.3 Å². The van der Waals surface area contributed by atoms with Gasteiger partial charge in [0.15, 0.2) is 0 Å². The average molecular weight is 639 g/mol. The number of rotatable bonds is 9. The van der Waals surface area contributed by atoms with E-state index in [4.69, 9.17) is 37.5 Å². The Morgan fingerprint density at radius 3 is 2.24 bits per heavy atom. The van der Waals surface area contributed by atoms with Crippen LogP contribution in [0.25, 0.3) is 0 Å². The number of carboxylic acids is 1. The van der Waals surface area contributed by atoms with Crippen molar-refractivity contribution in [2.45, 2.75) is 30.7 Å². The molecule has 0 unspecified atom stereocenters. The van der Waals surface area contributed by atoms with E-state index >= 15 is 0 Å². The third-order valence-corrected chi connectivity index (χ3v) is 6.28. The van der Waals surface area contributed by atoms with Crippen molar-refractivity contribution >= 4 is 45.1 Å². The van der Waals surface area contributed by atoms with Gasteiger partial charge in [0.25, 0.3) is 15.6 Å². The molecule has 1 heterocycles. The number of hydroxylamine groups is 1. The van der Waals surface area contributed by atoms with E-state index in [-0.39, 0.29) is 13.2 Å². The Balaban J connectivity index is 0.00000106. The summed E-state index contributed by atoms with van der Waals surface area (Å²) < 4.78 is 99.0. The lowest BCUT2D eigenvalue weighted by Crippen LogP contribution is -2.37. The van der Waals surface area contributed by atoms with E-state index in [2.05, 4.69) is 10.8 Å². The number of carboxylic acid groups (broad SMARTS) is 1. The zero-order valence-corrected chi connectivity index (χ0v) is 22.1. The third kappa shape index (κ3) is 11.2. The first-order valence-corrected chi connectivity index (χ1v) is 12.4. The summed E-state index contributed by atoms with van der Waals surface area (Å²) in [5.41, 5.74) is 4.75. The van der Waals surface area contributed by atoms with Gasteiger partial charge >= 0.3 is 18.3 Å². The van der Waals surface area contributed by atoms with Crippen LogP contribution < -0.4 is 26.8 Å². The minimum absolute atomic E-state index is 0.00722. The molecule has 0 bridgehead atoms. The van der Waals surface area contributed by atoms with E-state index in [1.54, 1.807) is 0 Å². The van der Waals surface area contributed by atoms with E-state index < -0.39 is 73.5 Å². The van der Waals surface area contributed by atoms with Crippen LogP contribution in [0, 0.1) is 12.3 Å². The molecule has 0 fully saturated rings. The van der Waals surface area contributed by atoms with Gasteiger partial charge in [-0.15, -0.1) is 0 Å². The van der Waals surface area contributed by atoms with Crippen LogP contribution in [-0.4, -0.2) is 55.3 Å². The summed E-state index contributed by atoms with van der Waals surface area (Å²) in [7, 11) is -4.68. The highest BCUT2D eigenvalue weighted by atomic mass is 35.5. The summed E-state index contributed by atoms with van der Waals surface area (Å²) in [6.45, 7) is 0.977. The van der Waals surface area contributed by atoms with E-state index in [0.29, 0.717) is 17.8 Å². The maximum atomic E-state index is 13.0. The fraction of sp³-hybridized carbons (Fsp3) is 0.300. The van der Waals surface area contributed by atoms with Gasteiger partial charge in [0.2, 0.25) is 11.9 Å². The van der Waals surface area contributed by atoms with Crippen molar-refractivity contribution in [2.75, 3.05) is 17.9 Å². The number of aliphatic carboxylic acids is 1.